The average molecular weight is 413 g/mol. The van der Waals surface area contributed by atoms with Crippen LogP contribution in [0.25, 0.3) is 0 Å². The molecule has 0 radical (unpaired) electrons. The molecule has 1 aliphatic rings. The van der Waals surface area contributed by atoms with Crippen LogP contribution in [-0.4, -0.2) is 34.2 Å². The zero-order valence-corrected chi connectivity index (χ0v) is 16.9. The Hall–Kier alpha value is -2.44. The number of halogens is 1. The number of anilines is 1. The largest absolute Gasteiger partial charge is 0.324 e. The summed E-state index contributed by atoms with van der Waals surface area (Å²) in [6.07, 6.45) is 2.79. The molecule has 4 rings (SSSR count). The zero-order chi connectivity index (χ0) is 19.3. The number of nitrogens with zero attached hydrogens (tertiary/aromatic N) is 3. The van der Waals surface area contributed by atoms with Gasteiger partial charge in [-0.25, -0.2) is 4.79 Å². The molecule has 1 atom stereocenters. The van der Waals surface area contributed by atoms with E-state index < -0.39 is 0 Å². The minimum absolute atomic E-state index is 0.0824. The van der Waals surface area contributed by atoms with Crippen molar-refractivity contribution in [1.29, 1.82) is 0 Å². The summed E-state index contributed by atoms with van der Waals surface area (Å²) in [5.41, 5.74) is 1.98. The van der Waals surface area contributed by atoms with Gasteiger partial charge in [-0.1, -0.05) is 41.9 Å². The zero-order valence-electron chi connectivity index (χ0n) is 15.3. The molecule has 5 nitrogen and oxygen atoms in total. The molecular formula is C21H21ClN4OS. The van der Waals surface area contributed by atoms with E-state index in [-0.39, 0.29) is 11.9 Å². The standard InChI is InChI=1S/C21H21ClN4OS/c22-17-8-10-18(11-9-17)23-21(27)26-12-4-7-16(14-26)20-25-24-19(28-20)13-15-5-2-1-3-6-15/h1-3,5-6,8-11,16H,4,7,12-14H2,(H,23,27). The normalized spacial score (nSPS) is 16.8. The first-order valence-corrected chi connectivity index (χ1v) is 10.5. The Morgan fingerprint density at radius 1 is 1.14 bits per heavy atom. The first-order chi connectivity index (χ1) is 13.7. The molecule has 0 spiro atoms. The van der Waals surface area contributed by atoms with Gasteiger partial charge in [0.2, 0.25) is 0 Å². The van der Waals surface area contributed by atoms with Gasteiger partial charge < -0.3 is 10.2 Å². The Balaban J connectivity index is 1.38. The van der Waals surface area contributed by atoms with Crippen LogP contribution in [0.3, 0.4) is 0 Å². The topological polar surface area (TPSA) is 58.1 Å². The fourth-order valence-corrected chi connectivity index (χ4v) is 4.50. The summed E-state index contributed by atoms with van der Waals surface area (Å²) >= 11 is 7.56. The molecule has 1 N–H and O–H groups in total. The number of carbonyl (C=O) groups is 1. The Morgan fingerprint density at radius 3 is 2.71 bits per heavy atom. The molecule has 1 saturated heterocycles. The van der Waals surface area contributed by atoms with Crippen molar-refractivity contribution in [2.75, 3.05) is 18.4 Å². The highest BCUT2D eigenvalue weighted by atomic mass is 35.5. The van der Waals surface area contributed by atoms with Crippen LogP contribution >= 0.6 is 22.9 Å². The minimum Gasteiger partial charge on any atom is -0.324 e. The Labute approximate surface area is 173 Å². The van der Waals surface area contributed by atoms with Gasteiger partial charge in [0.15, 0.2) is 0 Å². The Morgan fingerprint density at radius 2 is 1.93 bits per heavy atom. The molecule has 2 aromatic carbocycles. The van der Waals surface area contributed by atoms with Gasteiger partial charge in [0.05, 0.1) is 0 Å². The Kier molecular flexibility index (Phi) is 5.88. The lowest BCUT2D eigenvalue weighted by atomic mass is 9.99. The monoisotopic (exact) mass is 412 g/mol. The molecule has 1 fully saturated rings. The van der Waals surface area contributed by atoms with Crippen molar-refractivity contribution in [3.63, 3.8) is 0 Å². The van der Waals surface area contributed by atoms with E-state index in [1.807, 2.05) is 35.2 Å². The molecule has 1 unspecified atom stereocenters. The van der Waals surface area contributed by atoms with Gasteiger partial charge in [0.25, 0.3) is 0 Å². The van der Waals surface area contributed by atoms with E-state index in [1.165, 1.54) is 5.56 Å². The number of hydrogen-bond donors (Lipinski definition) is 1. The van der Waals surface area contributed by atoms with E-state index in [9.17, 15) is 4.79 Å². The molecule has 2 heterocycles. The van der Waals surface area contributed by atoms with Gasteiger partial charge in [-0.15, -0.1) is 21.5 Å². The summed E-state index contributed by atoms with van der Waals surface area (Å²) in [6.45, 7) is 1.42. The van der Waals surface area contributed by atoms with Gasteiger partial charge in [0, 0.05) is 36.1 Å². The lowest BCUT2D eigenvalue weighted by Gasteiger charge is -2.31. The van der Waals surface area contributed by atoms with Gasteiger partial charge in [0.1, 0.15) is 10.0 Å². The average Bonchev–Trinajstić information content (AvgIpc) is 3.19. The van der Waals surface area contributed by atoms with Crippen LogP contribution < -0.4 is 5.32 Å². The number of hydrogen-bond acceptors (Lipinski definition) is 4. The lowest BCUT2D eigenvalue weighted by molar-refractivity contribution is 0.192. The van der Waals surface area contributed by atoms with Gasteiger partial charge >= 0.3 is 6.03 Å². The molecule has 144 valence electrons. The van der Waals surface area contributed by atoms with Crippen LogP contribution in [0, 0.1) is 0 Å². The summed E-state index contributed by atoms with van der Waals surface area (Å²) in [7, 11) is 0. The number of amides is 2. The third-order valence-electron chi connectivity index (χ3n) is 4.83. The van der Waals surface area contributed by atoms with Gasteiger partial charge in [-0.05, 0) is 42.7 Å². The second kappa shape index (κ2) is 8.71. The second-order valence-electron chi connectivity index (χ2n) is 6.92. The van der Waals surface area contributed by atoms with Crippen molar-refractivity contribution in [2.24, 2.45) is 0 Å². The number of carbonyl (C=O) groups excluding carboxylic acids is 1. The summed E-state index contributed by atoms with van der Waals surface area (Å²) in [5.74, 6) is 0.242. The highest BCUT2D eigenvalue weighted by molar-refractivity contribution is 7.11. The molecule has 0 saturated carbocycles. The van der Waals surface area contributed by atoms with Crippen LogP contribution in [0.1, 0.15) is 34.3 Å². The highest BCUT2D eigenvalue weighted by Crippen LogP contribution is 2.30. The lowest BCUT2D eigenvalue weighted by Crippen LogP contribution is -2.41. The molecule has 1 aromatic heterocycles. The van der Waals surface area contributed by atoms with E-state index in [1.54, 1.807) is 23.5 Å². The van der Waals surface area contributed by atoms with Crippen LogP contribution in [0.15, 0.2) is 54.6 Å². The smallest absolute Gasteiger partial charge is 0.321 e. The molecule has 1 aliphatic heterocycles. The van der Waals surface area contributed by atoms with E-state index >= 15 is 0 Å². The number of rotatable bonds is 4. The molecule has 3 aromatic rings. The fraction of sp³-hybridized carbons (Fsp3) is 0.286. The van der Waals surface area contributed by atoms with Crippen molar-refractivity contribution in [2.45, 2.75) is 25.2 Å². The molecule has 0 bridgehead atoms. The van der Waals surface area contributed by atoms with Crippen molar-refractivity contribution in [3.8, 4) is 0 Å². The third kappa shape index (κ3) is 4.69. The maximum atomic E-state index is 12.6. The van der Waals surface area contributed by atoms with E-state index in [0.29, 0.717) is 11.6 Å². The van der Waals surface area contributed by atoms with E-state index in [0.717, 1.165) is 41.5 Å². The predicted octanol–water partition coefficient (Wildman–Crippen LogP) is 5.19. The first kappa shape index (κ1) is 18.9. The summed E-state index contributed by atoms with van der Waals surface area (Å²) in [5, 5.41) is 14.4. The summed E-state index contributed by atoms with van der Waals surface area (Å²) in [6, 6.07) is 17.4. The van der Waals surface area contributed by atoms with Crippen LogP contribution in [0.5, 0.6) is 0 Å². The number of urea groups is 1. The predicted molar refractivity (Wildman–Crippen MR) is 113 cm³/mol. The molecule has 7 heteroatoms. The number of nitrogens with one attached hydrogen (secondary N) is 1. The fourth-order valence-electron chi connectivity index (χ4n) is 3.37. The number of aromatic nitrogens is 2. The van der Waals surface area contributed by atoms with Crippen molar-refractivity contribution in [1.82, 2.24) is 15.1 Å². The van der Waals surface area contributed by atoms with Crippen molar-refractivity contribution >= 4 is 34.7 Å². The quantitative estimate of drug-likeness (QED) is 0.641. The molecule has 28 heavy (non-hydrogen) atoms. The number of likely N-dealkylation sites (tertiary alicyclic amines) is 1. The van der Waals surface area contributed by atoms with E-state index in [2.05, 4.69) is 27.6 Å². The minimum atomic E-state index is -0.0824. The van der Waals surface area contributed by atoms with E-state index in [4.69, 9.17) is 11.6 Å². The molecular weight excluding hydrogens is 392 g/mol. The van der Waals surface area contributed by atoms with Crippen LogP contribution in [0.2, 0.25) is 5.02 Å². The van der Waals surface area contributed by atoms with Crippen molar-refractivity contribution < 1.29 is 4.79 Å². The van der Waals surface area contributed by atoms with Crippen LogP contribution in [-0.2, 0) is 6.42 Å². The third-order valence-corrected chi connectivity index (χ3v) is 6.17. The molecule has 0 aliphatic carbocycles. The number of benzene rings is 2. The van der Waals surface area contributed by atoms with Crippen molar-refractivity contribution in [3.05, 3.63) is 75.2 Å². The van der Waals surface area contributed by atoms with Gasteiger partial charge in [-0.2, -0.15) is 0 Å². The Bertz CT molecular complexity index is 929. The maximum Gasteiger partial charge on any atom is 0.321 e. The van der Waals surface area contributed by atoms with Gasteiger partial charge in [-0.3, -0.25) is 0 Å². The van der Waals surface area contributed by atoms with Crippen LogP contribution in [0.4, 0.5) is 10.5 Å². The number of piperidine rings is 1. The first-order valence-electron chi connectivity index (χ1n) is 9.35. The molecule has 2 amide bonds. The summed E-state index contributed by atoms with van der Waals surface area (Å²) in [4.78, 5) is 14.5. The highest BCUT2D eigenvalue weighted by Gasteiger charge is 2.27. The maximum absolute atomic E-state index is 12.6. The SMILES string of the molecule is O=C(Nc1ccc(Cl)cc1)N1CCCC(c2nnc(Cc3ccccc3)s2)C1. The summed E-state index contributed by atoms with van der Waals surface area (Å²) < 4.78 is 0. The second-order valence-corrected chi connectivity index (χ2v) is 8.45.